The van der Waals surface area contributed by atoms with Gasteiger partial charge in [0, 0.05) is 17.1 Å². The third-order valence-corrected chi connectivity index (χ3v) is 3.52. The number of hydrogen-bond acceptors (Lipinski definition) is 3. The topological polar surface area (TPSA) is 55.9 Å². The fraction of sp³-hybridized carbons (Fsp3) is 0.182. The van der Waals surface area contributed by atoms with E-state index in [2.05, 4.69) is 10.5 Å². The zero-order valence-electron chi connectivity index (χ0n) is 9.49. The van der Waals surface area contributed by atoms with Gasteiger partial charge in [-0.05, 0) is 23.8 Å². The Hall–Kier alpha value is -0.780. The molecule has 1 aromatic heterocycles. The monoisotopic (exact) mass is 304 g/mol. The van der Waals surface area contributed by atoms with E-state index < -0.39 is 0 Å². The molecule has 0 saturated heterocycles. The largest absolute Gasteiger partial charge is 0.271 e. The standard InChI is InChI=1S/C11H11Cl3N4/c1-18-11(9(14)5-16-18)10(17-15)7-4-6(12)2-3-8(7)13/h2-5,10,17H,15H2,1H3. The molecule has 0 aliphatic carbocycles. The van der Waals surface area contributed by atoms with E-state index in [9.17, 15) is 0 Å². The number of hydrazine groups is 1. The maximum Gasteiger partial charge on any atom is 0.0908 e. The van der Waals surface area contributed by atoms with Gasteiger partial charge in [-0.15, -0.1) is 0 Å². The van der Waals surface area contributed by atoms with Crippen LogP contribution in [-0.4, -0.2) is 9.78 Å². The maximum absolute atomic E-state index is 6.16. The number of halogens is 3. The molecule has 1 heterocycles. The van der Waals surface area contributed by atoms with Crippen molar-refractivity contribution in [1.82, 2.24) is 15.2 Å². The average molecular weight is 306 g/mol. The summed E-state index contributed by atoms with van der Waals surface area (Å²) in [5, 5.41) is 5.72. The van der Waals surface area contributed by atoms with Crippen molar-refractivity contribution in [3.63, 3.8) is 0 Å². The molecule has 2 aromatic rings. The normalized spacial score (nSPS) is 12.7. The van der Waals surface area contributed by atoms with Crippen LogP contribution in [0, 0.1) is 0 Å². The van der Waals surface area contributed by atoms with Crippen LogP contribution in [0.5, 0.6) is 0 Å². The number of aryl methyl sites for hydroxylation is 1. The number of rotatable bonds is 3. The Balaban J connectivity index is 2.55. The number of nitrogens with zero attached hydrogens (tertiary/aromatic N) is 2. The number of hydrogen-bond donors (Lipinski definition) is 2. The van der Waals surface area contributed by atoms with E-state index in [0.717, 1.165) is 11.3 Å². The molecule has 0 bridgehead atoms. The van der Waals surface area contributed by atoms with Crippen LogP contribution < -0.4 is 11.3 Å². The summed E-state index contributed by atoms with van der Waals surface area (Å²) in [6, 6.07) is 4.80. The molecule has 18 heavy (non-hydrogen) atoms. The van der Waals surface area contributed by atoms with Gasteiger partial charge in [0.25, 0.3) is 0 Å². The minimum absolute atomic E-state index is 0.379. The van der Waals surface area contributed by atoms with E-state index in [1.54, 1.807) is 36.1 Å². The van der Waals surface area contributed by atoms with Gasteiger partial charge in [0.2, 0.25) is 0 Å². The van der Waals surface area contributed by atoms with E-state index >= 15 is 0 Å². The summed E-state index contributed by atoms with van der Waals surface area (Å²) in [7, 11) is 1.78. The van der Waals surface area contributed by atoms with Crippen molar-refractivity contribution in [2.24, 2.45) is 12.9 Å². The van der Waals surface area contributed by atoms with Crippen molar-refractivity contribution in [2.75, 3.05) is 0 Å². The van der Waals surface area contributed by atoms with E-state index in [-0.39, 0.29) is 6.04 Å². The van der Waals surface area contributed by atoms with Crippen molar-refractivity contribution in [3.05, 3.63) is 50.7 Å². The van der Waals surface area contributed by atoms with Crippen molar-refractivity contribution >= 4 is 34.8 Å². The second-order valence-electron chi connectivity index (χ2n) is 3.77. The summed E-state index contributed by atoms with van der Waals surface area (Å²) >= 11 is 18.2. The van der Waals surface area contributed by atoms with Crippen molar-refractivity contribution < 1.29 is 0 Å². The van der Waals surface area contributed by atoms with Gasteiger partial charge in [-0.1, -0.05) is 34.8 Å². The molecule has 96 valence electrons. The van der Waals surface area contributed by atoms with Crippen LogP contribution in [0.1, 0.15) is 17.3 Å². The fourth-order valence-corrected chi connectivity index (χ4v) is 2.48. The van der Waals surface area contributed by atoms with Gasteiger partial charge < -0.3 is 0 Å². The first-order chi connectivity index (χ1) is 8.54. The molecular weight excluding hydrogens is 295 g/mol. The lowest BCUT2D eigenvalue weighted by molar-refractivity contribution is 0.575. The molecule has 1 atom stereocenters. The molecule has 7 heteroatoms. The summed E-state index contributed by atoms with van der Waals surface area (Å²) in [5.41, 5.74) is 4.15. The van der Waals surface area contributed by atoms with Crippen LogP contribution in [0.2, 0.25) is 15.1 Å². The Morgan fingerprint density at radius 2 is 2.00 bits per heavy atom. The molecule has 0 fully saturated rings. The zero-order valence-corrected chi connectivity index (χ0v) is 11.8. The second kappa shape index (κ2) is 5.47. The molecule has 0 radical (unpaired) electrons. The van der Waals surface area contributed by atoms with Crippen LogP contribution in [0.25, 0.3) is 0 Å². The number of nitrogens with two attached hydrogens (primary N) is 1. The number of benzene rings is 1. The first-order valence-corrected chi connectivity index (χ1v) is 6.26. The summed E-state index contributed by atoms with van der Waals surface area (Å²) in [6.45, 7) is 0. The Morgan fingerprint density at radius 1 is 1.28 bits per heavy atom. The van der Waals surface area contributed by atoms with E-state index in [4.69, 9.17) is 40.6 Å². The summed E-state index contributed by atoms with van der Waals surface area (Å²) in [4.78, 5) is 0. The highest BCUT2D eigenvalue weighted by Gasteiger charge is 2.22. The van der Waals surface area contributed by atoms with Gasteiger partial charge >= 0.3 is 0 Å². The molecule has 0 spiro atoms. The first-order valence-electron chi connectivity index (χ1n) is 5.13. The van der Waals surface area contributed by atoms with Gasteiger partial charge in [-0.2, -0.15) is 5.10 Å². The lowest BCUT2D eigenvalue weighted by Gasteiger charge is -2.19. The highest BCUT2D eigenvalue weighted by molar-refractivity contribution is 6.34. The molecule has 1 unspecified atom stereocenters. The average Bonchev–Trinajstić information content (AvgIpc) is 2.66. The second-order valence-corrected chi connectivity index (χ2v) is 5.02. The zero-order chi connectivity index (χ0) is 13.3. The molecular formula is C11H11Cl3N4. The van der Waals surface area contributed by atoms with Crippen LogP contribution in [0.15, 0.2) is 24.4 Å². The third-order valence-electron chi connectivity index (χ3n) is 2.65. The molecule has 0 aliphatic heterocycles. The highest BCUT2D eigenvalue weighted by atomic mass is 35.5. The molecule has 4 nitrogen and oxygen atoms in total. The minimum Gasteiger partial charge on any atom is -0.271 e. The Morgan fingerprint density at radius 3 is 2.56 bits per heavy atom. The van der Waals surface area contributed by atoms with Crippen LogP contribution >= 0.6 is 34.8 Å². The first kappa shape index (κ1) is 13.6. The maximum atomic E-state index is 6.16. The van der Waals surface area contributed by atoms with Gasteiger partial charge in [0.1, 0.15) is 0 Å². The summed E-state index contributed by atoms with van der Waals surface area (Å²) in [5.74, 6) is 5.60. The van der Waals surface area contributed by atoms with Gasteiger partial charge in [0.15, 0.2) is 0 Å². The molecule has 3 N–H and O–H groups in total. The molecule has 0 aliphatic rings. The molecule has 0 saturated carbocycles. The lowest BCUT2D eigenvalue weighted by Crippen LogP contribution is -2.30. The molecule has 0 amide bonds. The number of nitrogens with one attached hydrogen (secondary N) is 1. The number of aromatic nitrogens is 2. The SMILES string of the molecule is Cn1ncc(Cl)c1C(NN)c1cc(Cl)ccc1Cl. The van der Waals surface area contributed by atoms with Gasteiger partial charge in [0.05, 0.1) is 23.0 Å². The highest BCUT2D eigenvalue weighted by Crippen LogP contribution is 2.32. The summed E-state index contributed by atoms with van der Waals surface area (Å²) < 4.78 is 1.64. The summed E-state index contributed by atoms with van der Waals surface area (Å²) in [6.07, 6.45) is 1.56. The van der Waals surface area contributed by atoms with E-state index in [0.29, 0.717) is 15.1 Å². The third kappa shape index (κ3) is 2.48. The van der Waals surface area contributed by atoms with E-state index in [1.165, 1.54) is 0 Å². The van der Waals surface area contributed by atoms with Crippen LogP contribution in [0.4, 0.5) is 0 Å². The fourth-order valence-electron chi connectivity index (χ4n) is 1.80. The van der Waals surface area contributed by atoms with Gasteiger partial charge in [-0.25, -0.2) is 5.43 Å². The van der Waals surface area contributed by atoms with Gasteiger partial charge in [-0.3, -0.25) is 10.5 Å². The Kier molecular flexibility index (Phi) is 4.14. The van der Waals surface area contributed by atoms with Crippen LogP contribution in [0.3, 0.4) is 0 Å². The Labute approximate surface area is 120 Å². The Bertz CT molecular complexity index is 548. The van der Waals surface area contributed by atoms with Crippen molar-refractivity contribution in [1.29, 1.82) is 0 Å². The van der Waals surface area contributed by atoms with Crippen LogP contribution in [-0.2, 0) is 7.05 Å². The molecule has 2 rings (SSSR count). The predicted octanol–water partition coefficient (Wildman–Crippen LogP) is 2.93. The lowest BCUT2D eigenvalue weighted by atomic mass is 10.0. The smallest absolute Gasteiger partial charge is 0.0908 e. The quantitative estimate of drug-likeness (QED) is 0.677. The van der Waals surface area contributed by atoms with Crippen molar-refractivity contribution in [2.45, 2.75) is 6.04 Å². The molecule has 1 aromatic carbocycles. The predicted molar refractivity (Wildman–Crippen MR) is 73.8 cm³/mol. The minimum atomic E-state index is -0.379. The van der Waals surface area contributed by atoms with E-state index in [1.807, 2.05) is 0 Å². The van der Waals surface area contributed by atoms with Crippen molar-refractivity contribution in [3.8, 4) is 0 Å².